The van der Waals surface area contributed by atoms with Crippen molar-refractivity contribution in [2.24, 2.45) is 7.05 Å². The Labute approximate surface area is 137 Å². The first-order valence-electron chi connectivity index (χ1n) is 6.88. The second-order valence-electron chi connectivity index (χ2n) is 5.03. The zero-order chi connectivity index (χ0) is 16.4. The maximum Gasteiger partial charge on any atom is 0.255 e. The van der Waals surface area contributed by atoms with Crippen LogP contribution in [0.3, 0.4) is 0 Å². The lowest BCUT2D eigenvalue weighted by molar-refractivity contribution is 0.0941. The molecule has 23 heavy (non-hydrogen) atoms. The van der Waals surface area contributed by atoms with Crippen molar-refractivity contribution in [2.75, 3.05) is 0 Å². The summed E-state index contributed by atoms with van der Waals surface area (Å²) in [6.45, 7) is 1.69. The number of hydrogen-bond donors (Lipinski definition) is 1. The van der Waals surface area contributed by atoms with Gasteiger partial charge in [-0.2, -0.15) is 10.1 Å². The van der Waals surface area contributed by atoms with Crippen LogP contribution in [0.25, 0.3) is 0 Å². The highest BCUT2D eigenvalue weighted by Crippen LogP contribution is 2.22. The van der Waals surface area contributed by atoms with Gasteiger partial charge >= 0.3 is 0 Å². The van der Waals surface area contributed by atoms with Crippen LogP contribution in [0, 0.1) is 6.92 Å². The number of rotatable bonds is 4. The Bertz CT molecular complexity index is 825. The molecular formula is C15H14ClN5O2. The largest absolute Gasteiger partial charge is 0.340 e. The van der Waals surface area contributed by atoms with Gasteiger partial charge in [0.25, 0.3) is 5.91 Å². The summed E-state index contributed by atoms with van der Waals surface area (Å²) >= 11 is 5.92. The lowest BCUT2D eigenvalue weighted by atomic mass is 10.1. The van der Waals surface area contributed by atoms with Crippen molar-refractivity contribution >= 4 is 17.5 Å². The Morgan fingerprint density at radius 1 is 1.35 bits per heavy atom. The van der Waals surface area contributed by atoms with E-state index in [1.54, 1.807) is 37.0 Å². The van der Waals surface area contributed by atoms with E-state index < -0.39 is 6.04 Å². The van der Waals surface area contributed by atoms with Crippen LogP contribution >= 0.6 is 11.6 Å². The zero-order valence-corrected chi connectivity index (χ0v) is 13.3. The normalized spacial score (nSPS) is 12.1. The van der Waals surface area contributed by atoms with Crippen LogP contribution in [0.1, 0.15) is 33.7 Å². The van der Waals surface area contributed by atoms with E-state index >= 15 is 0 Å². The molecule has 7 nitrogen and oxygen atoms in total. The predicted octanol–water partition coefficient (Wildman–Crippen LogP) is 2.28. The summed E-state index contributed by atoms with van der Waals surface area (Å²) in [5.41, 5.74) is 1.25. The molecule has 1 aromatic carbocycles. The van der Waals surface area contributed by atoms with Gasteiger partial charge in [-0.25, -0.2) is 0 Å². The molecule has 0 aliphatic heterocycles. The zero-order valence-electron chi connectivity index (χ0n) is 12.5. The molecule has 0 aliphatic rings. The maximum atomic E-state index is 12.4. The summed E-state index contributed by atoms with van der Waals surface area (Å²) in [6.07, 6.45) is 3.13. The van der Waals surface area contributed by atoms with E-state index in [1.807, 2.05) is 12.1 Å². The van der Waals surface area contributed by atoms with Gasteiger partial charge in [0, 0.05) is 25.2 Å². The number of amides is 1. The molecule has 8 heteroatoms. The average molecular weight is 332 g/mol. The number of halogens is 1. The second-order valence-corrected chi connectivity index (χ2v) is 5.47. The quantitative estimate of drug-likeness (QED) is 0.792. The number of carbonyl (C=O) groups excluding carboxylic acids is 1. The van der Waals surface area contributed by atoms with Crippen LogP contribution in [0.2, 0.25) is 5.02 Å². The van der Waals surface area contributed by atoms with Gasteiger partial charge in [-0.05, 0) is 17.7 Å². The third-order valence-corrected chi connectivity index (χ3v) is 3.50. The minimum absolute atomic E-state index is 0.277. The molecule has 0 saturated carbocycles. The molecule has 1 N–H and O–H groups in total. The van der Waals surface area contributed by atoms with Crippen molar-refractivity contribution in [3.63, 3.8) is 0 Å². The molecule has 3 aromatic rings. The van der Waals surface area contributed by atoms with Gasteiger partial charge in [0.2, 0.25) is 5.89 Å². The number of benzene rings is 1. The highest BCUT2D eigenvalue weighted by Gasteiger charge is 2.23. The van der Waals surface area contributed by atoms with Crippen LogP contribution < -0.4 is 5.32 Å². The SMILES string of the molecule is Cc1nc([C@@H](NC(=O)c2cnn(C)c2)c2ccc(Cl)cc2)no1. The van der Waals surface area contributed by atoms with E-state index in [2.05, 4.69) is 20.6 Å². The molecule has 118 valence electrons. The summed E-state index contributed by atoms with van der Waals surface area (Å²) < 4.78 is 6.59. The third kappa shape index (κ3) is 3.40. The van der Waals surface area contributed by atoms with Gasteiger partial charge < -0.3 is 9.84 Å². The molecule has 0 aliphatic carbocycles. The molecule has 0 radical (unpaired) electrons. The number of carbonyl (C=O) groups is 1. The van der Waals surface area contributed by atoms with Gasteiger partial charge in [0.15, 0.2) is 5.82 Å². The molecule has 0 spiro atoms. The van der Waals surface area contributed by atoms with Crippen molar-refractivity contribution in [3.8, 4) is 0 Å². The van der Waals surface area contributed by atoms with E-state index in [0.29, 0.717) is 22.3 Å². The number of nitrogens with zero attached hydrogens (tertiary/aromatic N) is 4. The minimum Gasteiger partial charge on any atom is -0.340 e. The van der Waals surface area contributed by atoms with Gasteiger partial charge in [-0.3, -0.25) is 9.48 Å². The van der Waals surface area contributed by atoms with Crippen LogP contribution in [-0.2, 0) is 7.05 Å². The maximum absolute atomic E-state index is 12.4. The predicted molar refractivity (Wildman–Crippen MR) is 83.0 cm³/mol. The molecule has 1 amide bonds. The van der Waals surface area contributed by atoms with Crippen molar-refractivity contribution in [1.29, 1.82) is 0 Å². The summed E-state index contributed by atoms with van der Waals surface area (Å²) in [6, 6.07) is 6.56. The first-order valence-corrected chi connectivity index (χ1v) is 7.26. The number of aryl methyl sites for hydroxylation is 2. The smallest absolute Gasteiger partial charge is 0.255 e. The van der Waals surface area contributed by atoms with Gasteiger partial charge in [-0.15, -0.1) is 0 Å². The molecule has 1 atom stereocenters. The van der Waals surface area contributed by atoms with Gasteiger partial charge in [0.05, 0.1) is 11.8 Å². The summed E-state index contributed by atoms with van der Waals surface area (Å²) in [4.78, 5) is 16.6. The number of aromatic nitrogens is 4. The monoisotopic (exact) mass is 331 g/mol. The number of nitrogens with one attached hydrogen (secondary N) is 1. The second kappa shape index (κ2) is 6.21. The summed E-state index contributed by atoms with van der Waals surface area (Å²) in [5.74, 6) is 0.525. The Balaban J connectivity index is 1.92. The van der Waals surface area contributed by atoms with E-state index in [0.717, 1.165) is 5.56 Å². The Morgan fingerprint density at radius 3 is 2.65 bits per heavy atom. The molecular weight excluding hydrogens is 318 g/mol. The van der Waals surface area contributed by atoms with E-state index in [1.165, 1.54) is 6.20 Å². The topological polar surface area (TPSA) is 85.8 Å². The molecule has 0 unspecified atom stereocenters. The summed E-state index contributed by atoms with van der Waals surface area (Å²) in [5, 5.41) is 11.4. The van der Waals surface area contributed by atoms with Crippen LogP contribution in [0.15, 0.2) is 41.2 Å². The molecule has 0 saturated heterocycles. The fraction of sp³-hybridized carbons (Fsp3) is 0.200. The molecule has 0 fully saturated rings. The molecule has 2 heterocycles. The molecule has 0 bridgehead atoms. The first-order chi connectivity index (χ1) is 11.0. The first kappa shape index (κ1) is 15.2. The fourth-order valence-corrected chi connectivity index (χ4v) is 2.26. The van der Waals surface area contributed by atoms with E-state index in [-0.39, 0.29) is 5.91 Å². The number of hydrogen-bond acceptors (Lipinski definition) is 5. The third-order valence-electron chi connectivity index (χ3n) is 3.25. The minimum atomic E-state index is -0.544. The Kier molecular flexibility index (Phi) is 4.12. The molecule has 3 rings (SSSR count). The van der Waals surface area contributed by atoms with E-state index in [9.17, 15) is 4.79 Å². The van der Waals surface area contributed by atoms with Crippen LogP contribution in [-0.4, -0.2) is 25.8 Å². The van der Waals surface area contributed by atoms with Crippen molar-refractivity contribution in [1.82, 2.24) is 25.2 Å². The highest BCUT2D eigenvalue weighted by molar-refractivity contribution is 6.30. The van der Waals surface area contributed by atoms with Gasteiger partial charge in [0.1, 0.15) is 6.04 Å². The Morgan fingerprint density at radius 2 is 2.09 bits per heavy atom. The average Bonchev–Trinajstić information content (AvgIpc) is 3.14. The summed E-state index contributed by atoms with van der Waals surface area (Å²) in [7, 11) is 1.75. The molecule has 2 aromatic heterocycles. The van der Waals surface area contributed by atoms with E-state index in [4.69, 9.17) is 16.1 Å². The van der Waals surface area contributed by atoms with Gasteiger partial charge in [-0.1, -0.05) is 28.9 Å². The van der Waals surface area contributed by atoms with Crippen molar-refractivity contribution in [2.45, 2.75) is 13.0 Å². The fourth-order valence-electron chi connectivity index (χ4n) is 2.14. The lowest BCUT2D eigenvalue weighted by Gasteiger charge is -2.15. The standard InChI is InChI=1S/C15H14ClN5O2/c1-9-18-14(20-23-9)13(10-3-5-12(16)6-4-10)19-15(22)11-7-17-21(2)8-11/h3-8,13H,1-2H3,(H,19,22)/t13-/m0/s1. The lowest BCUT2D eigenvalue weighted by Crippen LogP contribution is -2.29. The van der Waals surface area contributed by atoms with Crippen molar-refractivity contribution in [3.05, 3.63) is 64.5 Å². The Hall–Kier alpha value is -2.67. The van der Waals surface area contributed by atoms with Crippen LogP contribution in [0.5, 0.6) is 0 Å². The highest BCUT2D eigenvalue weighted by atomic mass is 35.5. The van der Waals surface area contributed by atoms with Crippen LogP contribution in [0.4, 0.5) is 0 Å². The van der Waals surface area contributed by atoms with Crippen molar-refractivity contribution < 1.29 is 9.32 Å².